The highest BCUT2D eigenvalue weighted by Crippen LogP contribution is 2.42. The van der Waals surface area contributed by atoms with Gasteiger partial charge in [0.05, 0.1) is 12.1 Å². The van der Waals surface area contributed by atoms with Crippen molar-refractivity contribution < 1.29 is 9.50 Å². The van der Waals surface area contributed by atoms with Gasteiger partial charge in [-0.25, -0.2) is 9.37 Å². The van der Waals surface area contributed by atoms with Gasteiger partial charge >= 0.3 is 0 Å². The van der Waals surface area contributed by atoms with Crippen LogP contribution in [-0.2, 0) is 6.54 Å². The van der Waals surface area contributed by atoms with Crippen LogP contribution in [0.25, 0.3) is 11.4 Å². The predicted octanol–water partition coefficient (Wildman–Crippen LogP) is 4.13. The van der Waals surface area contributed by atoms with Crippen LogP contribution in [0.2, 0.25) is 0 Å². The van der Waals surface area contributed by atoms with Gasteiger partial charge in [0.25, 0.3) is 0 Å². The molecule has 150 valence electrons. The lowest BCUT2D eigenvalue weighted by Gasteiger charge is -2.36. The molecule has 2 aliphatic rings. The third-order valence-corrected chi connectivity index (χ3v) is 6.54. The quantitative estimate of drug-likeness (QED) is 0.727. The van der Waals surface area contributed by atoms with Crippen molar-refractivity contribution in [3.63, 3.8) is 0 Å². The van der Waals surface area contributed by atoms with Crippen LogP contribution in [-0.4, -0.2) is 38.8 Å². The largest absolute Gasteiger partial charge is 0.391 e. The molecule has 0 amide bonds. The van der Waals surface area contributed by atoms with Gasteiger partial charge < -0.3 is 9.67 Å². The summed E-state index contributed by atoms with van der Waals surface area (Å²) >= 11 is 0. The fourth-order valence-electron chi connectivity index (χ4n) is 5.22. The van der Waals surface area contributed by atoms with E-state index in [-0.39, 0.29) is 18.0 Å². The Balaban J connectivity index is 1.32. The second-order valence-electron chi connectivity index (χ2n) is 8.47. The molecule has 1 saturated carbocycles. The minimum atomic E-state index is -0.373. The molecule has 0 radical (unpaired) electrons. The summed E-state index contributed by atoms with van der Waals surface area (Å²) in [6.07, 6.45) is 5.20. The molecule has 2 heterocycles. The molecule has 1 aliphatic carbocycles. The SMILES string of the molecule is O[C@H]1C[C@@H]2CN(Cc3cccc(F)c3)C[C@@H]2C[C@@H]1n1ccnc1-c1ccccc1. The first-order chi connectivity index (χ1) is 14.2. The lowest BCUT2D eigenvalue weighted by molar-refractivity contribution is 0.0365. The third kappa shape index (κ3) is 3.72. The van der Waals surface area contributed by atoms with E-state index in [0.717, 1.165) is 49.4 Å². The van der Waals surface area contributed by atoms with Crippen molar-refractivity contribution in [1.29, 1.82) is 0 Å². The Kier molecular flexibility index (Phi) is 4.94. The number of nitrogens with zero attached hydrogens (tertiary/aromatic N) is 3. The number of benzene rings is 2. The summed E-state index contributed by atoms with van der Waals surface area (Å²) in [7, 11) is 0. The molecule has 2 aromatic carbocycles. The Bertz CT molecular complexity index is 973. The smallest absolute Gasteiger partial charge is 0.140 e. The van der Waals surface area contributed by atoms with Gasteiger partial charge in [-0.3, -0.25) is 4.90 Å². The van der Waals surface area contributed by atoms with E-state index in [9.17, 15) is 9.50 Å². The minimum Gasteiger partial charge on any atom is -0.391 e. The van der Waals surface area contributed by atoms with Crippen molar-refractivity contribution in [2.75, 3.05) is 13.1 Å². The molecule has 1 aromatic heterocycles. The molecule has 5 rings (SSSR count). The minimum absolute atomic E-state index is 0.0445. The molecule has 0 unspecified atom stereocenters. The molecule has 5 heteroatoms. The number of rotatable bonds is 4. The topological polar surface area (TPSA) is 41.3 Å². The van der Waals surface area contributed by atoms with Crippen molar-refractivity contribution in [3.05, 3.63) is 78.4 Å². The number of aromatic nitrogens is 2. The zero-order valence-electron chi connectivity index (χ0n) is 16.4. The maximum atomic E-state index is 13.5. The molecule has 1 N–H and O–H groups in total. The Morgan fingerprint density at radius 2 is 1.79 bits per heavy atom. The third-order valence-electron chi connectivity index (χ3n) is 6.54. The lowest BCUT2D eigenvalue weighted by Crippen LogP contribution is -2.36. The average molecular weight is 391 g/mol. The molecule has 1 aliphatic heterocycles. The Morgan fingerprint density at radius 1 is 1.00 bits per heavy atom. The second kappa shape index (κ2) is 7.73. The average Bonchev–Trinajstić information content (AvgIpc) is 3.34. The number of hydrogen-bond acceptors (Lipinski definition) is 3. The van der Waals surface area contributed by atoms with E-state index >= 15 is 0 Å². The summed E-state index contributed by atoms with van der Waals surface area (Å²) in [4.78, 5) is 6.97. The highest BCUT2D eigenvalue weighted by atomic mass is 19.1. The molecule has 29 heavy (non-hydrogen) atoms. The van der Waals surface area contributed by atoms with Gasteiger partial charge in [-0.05, 0) is 42.4 Å². The fourth-order valence-corrected chi connectivity index (χ4v) is 5.22. The van der Waals surface area contributed by atoms with Crippen LogP contribution in [0, 0.1) is 17.7 Å². The molecule has 2 fully saturated rings. The molecule has 3 aromatic rings. The molecule has 1 saturated heterocycles. The van der Waals surface area contributed by atoms with E-state index in [1.54, 1.807) is 12.1 Å². The maximum Gasteiger partial charge on any atom is 0.140 e. The number of hydrogen-bond donors (Lipinski definition) is 1. The van der Waals surface area contributed by atoms with E-state index in [1.807, 2.05) is 36.7 Å². The van der Waals surface area contributed by atoms with Crippen LogP contribution in [0.15, 0.2) is 67.0 Å². The van der Waals surface area contributed by atoms with Gasteiger partial charge in [0, 0.05) is 37.6 Å². The summed E-state index contributed by atoms with van der Waals surface area (Å²) in [5.74, 6) is 1.78. The van der Waals surface area contributed by atoms with Gasteiger partial charge in [-0.15, -0.1) is 0 Å². The van der Waals surface area contributed by atoms with Gasteiger partial charge in [0.1, 0.15) is 11.6 Å². The number of aliphatic hydroxyl groups is 1. The maximum absolute atomic E-state index is 13.5. The molecule has 0 spiro atoms. The molecular weight excluding hydrogens is 365 g/mol. The van der Waals surface area contributed by atoms with Crippen molar-refractivity contribution in [2.45, 2.75) is 31.5 Å². The molecule has 4 atom stereocenters. The van der Waals surface area contributed by atoms with E-state index in [2.05, 4.69) is 26.6 Å². The number of fused-ring (bicyclic) bond motifs is 1. The van der Waals surface area contributed by atoms with E-state index < -0.39 is 0 Å². The number of imidazole rings is 1. The summed E-state index contributed by atoms with van der Waals surface area (Å²) in [6.45, 7) is 2.74. The van der Waals surface area contributed by atoms with Crippen LogP contribution >= 0.6 is 0 Å². The lowest BCUT2D eigenvalue weighted by atomic mass is 9.77. The normalized spacial score (nSPS) is 27.1. The van der Waals surface area contributed by atoms with Crippen LogP contribution in [0.3, 0.4) is 0 Å². The van der Waals surface area contributed by atoms with E-state index in [1.165, 1.54) is 6.07 Å². The number of halogens is 1. The summed E-state index contributed by atoms with van der Waals surface area (Å²) < 4.78 is 15.7. The summed E-state index contributed by atoms with van der Waals surface area (Å²) in [5.41, 5.74) is 2.09. The first-order valence-corrected chi connectivity index (χ1v) is 10.4. The molecule has 4 nitrogen and oxygen atoms in total. The number of likely N-dealkylation sites (tertiary alicyclic amines) is 1. The van der Waals surface area contributed by atoms with Gasteiger partial charge in [0.2, 0.25) is 0 Å². The standard InChI is InChI=1S/C24H26FN3O/c25-21-8-4-5-17(11-21)14-27-15-19-12-22(23(29)13-20(19)16-27)28-10-9-26-24(28)18-6-2-1-3-7-18/h1-11,19-20,22-23,29H,12-16H2/t19-,20+,22-,23-/m0/s1. The van der Waals surface area contributed by atoms with Crippen molar-refractivity contribution in [1.82, 2.24) is 14.5 Å². The summed E-state index contributed by atoms with van der Waals surface area (Å²) in [6, 6.07) is 17.1. The predicted molar refractivity (Wildman–Crippen MR) is 111 cm³/mol. The van der Waals surface area contributed by atoms with Crippen LogP contribution in [0.1, 0.15) is 24.4 Å². The zero-order chi connectivity index (χ0) is 19.8. The summed E-state index contributed by atoms with van der Waals surface area (Å²) in [5, 5.41) is 11.0. The van der Waals surface area contributed by atoms with Crippen LogP contribution in [0.5, 0.6) is 0 Å². The Hall–Kier alpha value is -2.50. The Labute approximate surface area is 170 Å². The van der Waals surface area contributed by atoms with Crippen LogP contribution < -0.4 is 0 Å². The molecular formula is C24H26FN3O. The first-order valence-electron chi connectivity index (χ1n) is 10.4. The zero-order valence-corrected chi connectivity index (χ0v) is 16.4. The van der Waals surface area contributed by atoms with Crippen LogP contribution in [0.4, 0.5) is 4.39 Å². The van der Waals surface area contributed by atoms with Gasteiger partial charge in [-0.2, -0.15) is 0 Å². The Morgan fingerprint density at radius 3 is 2.59 bits per heavy atom. The van der Waals surface area contributed by atoms with Crippen molar-refractivity contribution in [2.24, 2.45) is 11.8 Å². The highest BCUT2D eigenvalue weighted by Gasteiger charge is 2.42. The van der Waals surface area contributed by atoms with Gasteiger partial charge in [0.15, 0.2) is 0 Å². The first kappa shape index (κ1) is 18.5. The van der Waals surface area contributed by atoms with Crippen molar-refractivity contribution >= 4 is 0 Å². The van der Waals surface area contributed by atoms with Crippen molar-refractivity contribution in [3.8, 4) is 11.4 Å². The number of aliphatic hydroxyl groups excluding tert-OH is 1. The molecule has 0 bridgehead atoms. The van der Waals surface area contributed by atoms with Gasteiger partial charge in [-0.1, -0.05) is 42.5 Å². The monoisotopic (exact) mass is 391 g/mol. The van der Waals surface area contributed by atoms with E-state index in [0.29, 0.717) is 11.8 Å². The highest BCUT2D eigenvalue weighted by molar-refractivity contribution is 5.55. The fraction of sp³-hybridized carbons (Fsp3) is 0.375. The second-order valence-corrected chi connectivity index (χ2v) is 8.47. The van der Waals surface area contributed by atoms with E-state index in [4.69, 9.17) is 0 Å².